The van der Waals surface area contributed by atoms with Gasteiger partial charge in [0.05, 0.1) is 12.7 Å². The molecular weight excluding hydrogens is 420 g/mol. The van der Waals surface area contributed by atoms with Crippen molar-refractivity contribution in [3.63, 3.8) is 0 Å². The number of phenols is 1. The number of phenolic OH excluding ortho intramolecular Hbond substituents is 1. The van der Waals surface area contributed by atoms with Crippen molar-refractivity contribution < 1.29 is 29.0 Å². The molecule has 0 aliphatic heterocycles. The molecule has 0 radical (unpaired) electrons. The van der Waals surface area contributed by atoms with Gasteiger partial charge < -0.3 is 14.6 Å². The van der Waals surface area contributed by atoms with Gasteiger partial charge in [-0.25, -0.2) is 4.79 Å². The molecule has 3 aromatic carbocycles. The first-order chi connectivity index (χ1) is 15.9. The van der Waals surface area contributed by atoms with Crippen LogP contribution in [0.1, 0.15) is 60.6 Å². The number of aromatic hydroxyl groups is 1. The van der Waals surface area contributed by atoms with Gasteiger partial charge in [-0.15, -0.1) is 0 Å². The number of hydrogen-bond donors (Lipinski definition) is 1. The summed E-state index contributed by atoms with van der Waals surface area (Å²) in [6, 6.07) is 17.6. The van der Waals surface area contributed by atoms with Crippen molar-refractivity contribution >= 4 is 17.5 Å². The predicted octanol–water partition coefficient (Wildman–Crippen LogP) is 4.70. The summed E-state index contributed by atoms with van der Waals surface area (Å²) in [7, 11) is 1.36. The van der Waals surface area contributed by atoms with Gasteiger partial charge >= 0.3 is 5.97 Å². The third-order valence-corrected chi connectivity index (χ3v) is 5.79. The molecule has 1 N–H and O–H groups in total. The van der Waals surface area contributed by atoms with Crippen LogP contribution in [0.15, 0.2) is 60.7 Å². The maximum Gasteiger partial charge on any atom is 0.337 e. The molecule has 6 nitrogen and oxygen atoms in total. The second-order valence-electron chi connectivity index (χ2n) is 7.98. The first-order valence-corrected chi connectivity index (χ1v) is 10.8. The molecule has 0 atom stereocenters. The van der Waals surface area contributed by atoms with Crippen molar-refractivity contribution in [3.05, 3.63) is 94.0 Å². The Morgan fingerprint density at radius 3 is 2.06 bits per heavy atom. The number of benzene rings is 3. The monoisotopic (exact) mass is 444 g/mol. The van der Waals surface area contributed by atoms with Crippen LogP contribution in [0.3, 0.4) is 0 Å². The summed E-state index contributed by atoms with van der Waals surface area (Å²) in [5.74, 6) is 1.06. The molecule has 3 aromatic rings. The third-order valence-electron chi connectivity index (χ3n) is 5.79. The molecule has 0 unspecified atom stereocenters. The van der Waals surface area contributed by atoms with E-state index in [1.807, 2.05) is 30.3 Å². The fraction of sp³-hybridized carbons (Fsp3) is 0.222. The smallest absolute Gasteiger partial charge is 0.337 e. The van der Waals surface area contributed by atoms with Crippen LogP contribution in [0.2, 0.25) is 0 Å². The number of ketones is 2. The Bertz CT molecular complexity index is 1210. The molecule has 0 heterocycles. The molecule has 0 aromatic heterocycles. The maximum atomic E-state index is 11.6. The van der Waals surface area contributed by atoms with Gasteiger partial charge in [0.1, 0.15) is 18.1 Å². The lowest BCUT2D eigenvalue weighted by Crippen LogP contribution is -2.02. The average Bonchev–Trinajstić information content (AvgIpc) is 3.39. The molecule has 5 rings (SSSR count). The minimum atomic E-state index is -0.351. The summed E-state index contributed by atoms with van der Waals surface area (Å²) in [4.78, 5) is 34.0. The zero-order chi connectivity index (χ0) is 23.4. The molecular formula is C27H24O6. The van der Waals surface area contributed by atoms with E-state index < -0.39 is 0 Å². The van der Waals surface area contributed by atoms with Gasteiger partial charge in [0.2, 0.25) is 0 Å². The number of esters is 1. The standard InChI is InChI=1S/C18H16O4.C9H8O2/c1-21-18(20)13-4-2-12(3-5-13)11-22-15-7-8-16-14(10-15)6-9-17(16)19;10-7-2-3-8-6(5-7)1-4-9(8)11/h2-5,7-8,10H,6,9,11H2,1H3;2-3,5,10H,1,4H2. The number of rotatable bonds is 4. The summed E-state index contributed by atoms with van der Waals surface area (Å²) in [5, 5.41) is 9.07. The van der Waals surface area contributed by atoms with Crippen LogP contribution < -0.4 is 4.74 Å². The number of aryl methyl sites for hydroxylation is 2. The van der Waals surface area contributed by atoms with Gasteiger partial charge in [0.15, 0.2) is 11.6 Å². The van der Waals surface area contributed by atoms with Crippen LogP contribution in [0.5, 0.6) is 11.5 Å². The van der Waals surface area contributed by atoms with Crippen molar-refractivity contribution in [2.45, 2.75) is 32.3 Å². The van der Waals surface area contributed by atoms with Crippen LogP contribution in [0.4, 0.5) is 0 Å². The van der Waals surface area contributed by atoms with E-state index in [0.717, 1.165) is 46.4 Å². The average molecular weight is 444 g/mol. The van der Waals surface area contributed by atoms with Crippen LogP contribution in [-0.4, -0.2) is 29.8 Å². The second-order valence-corrected chi connectivity index (χ2v) is 7.98. The Labute approximate surface area is 191 Å². The quantitative estimate of drug-likeness (QED) is 0.587. The van der Waals surface area contributed by atoms with E-state index in [1.165, 1.54) is 7.11 Å². The zero-order valence-corrected chi connectivity index (χ0v) is 18.3. The number of ether oxygens (including phenoxy) is 2. The third kappa shape index (κ3) is 5.12. The summed E-state index contributed by atoms with van der Waals surface area (Å²) >= 11 is 0. The minimum Gasteiger partial charge on any atom is -0.508 e. The molecule has 33 heavy (non-hydrogen) atoms. The fourth-order valence-electron chi connectivity index (χ4n) is 3.99. The topological polar surface area (TPSA) is 89.9 Å². The van der Waals surface area contributed by atoms with E-state index in [-0.39, 0.29) is 23.3 Å². The highest BCUT2D eigenvalue weighted by atomic mass is 16.5. The molecule has 0 spiro atoms. The molecule has 0 saturated carbocycles. The Kier molecular flexibility index (Phi) is 6.54. The number of Topliss-reactive ketones (excluding diaryl/α,β-unsaturated/α-hetero) is 2. The second kappa shape index (κ2) is 9.69. The molecule has 2 aliphatic rings. The van der Waals surface area contributed by atoms with Gasteiger partial charge in [0, 0.05) is 24.0 Å². The van der Waals surface area contributed by atoms with E-state index in [2.05, 4.69) is 4.74 Å². The normalized spacial score (nSPS) is 13.6. The molecule has 6 heteroatoms. The molecule has 0 saturated heterocycles. The van der Waals surface area contributed by atoms with Gasteiger partial charge in [-0.05, 0) is 78.1 Å². The van der Waals surface area contributed by atoms with Crippen LogP contribution in [0, 0.1) is 0 Å². The van der Waals surface area contributed by atoms with E-state index in [1.54, 1.807) is 30.3 Å². The maximum absolute atomic E-state index is 11.6. The van der Waals surface area contributed by atoms with Crippen molar-refractivity contribution in [1.29, 1.82) is 0 Å². The van der Waals surface area contributed by atoms with Crippen molar-refractivity contribution in [2.24, 2.45) is 0 Å². The predicted molar refractivity (Wildman–Crippen MR) is 122 cm³/mol. The number of carbonyl (C=O) groups is 3. The largest absolute Gasteiger partial charge is 0.508 e. The van der Waals surface area contributed by atoms with E-state index >= 15 is 0 Å². The molecule has 2 aliphatic carbocycles. The summed E-state index contributed by atoms with van der Waals surface area (Å²) in [6.07, 6.45) is 2.76. The van der Waals surface area contributed by atoms with E-state index in [0.29, 0.717) is 25.0 Å². The van der Waals surface area contributed by atoms with Crippen LogP contribution in [0.25, 0.3) is 0 Å². The minimum absolute atomic E-state index is 0.194. The first kappa shape index (κ1) is 22.3. The Hall–Kier alpha value is -3.93. The van der Waals surface area contributed by atoms with Gasteiger partial charge in [-0.3, -0.25) is 9.59 Å². The van der Waals surface area contributed by atoms with Crippen LogP contribution in [-0.2, 0) is 24.2 Å². The Morgan fingerprint density at radius 2 is 1.42 bits per heavy atom. The highest BCUT2D eigenvalue weighted by molar-refractivity contribution is 6.01. The first-order valence-electron chi connectivity index (χ1n) is 10.8. The Morgan fingerprint density at radius 1 is 0.818 bits per heavy atom. The lowest BCUT2D eigenvalue weighted by atomic mass is 10.1. The molecule has 0 bridgehead atoms. The highest BCUT2D eigenvalue weighted by Gasteiger charge is 2.20. The lowest BCUT2D eigenvalue weighted by Gasteiger charge is -2.08. The number of methoxy groups -OCH3 is 1. The van der Waals surface area contributed by atoms with E-state index in [4.69, 9.17) is 9.84 Å². The highest BCUT2D eigenvalue weighted by Crippen LogP contribution is 2.27. The lowest BCUT2D eigenvalue weighted by molar-refractivity contribution is 0.0600. The van der Waals surface area contributed by atoms with Crippen molar-refractivity contribution in [2.75, 3.05) is 7.11 Å². The number of fused-ring (bicyclic) bond motifs is 2. The van der Waals surface area contributed by atoms with E-state index in [9.17, 15) is 14.4 Å². The molecule has 0 fully saturated rings. The molecule has 168 valence electrons. The summed E-state index contributed by atoms with van der Waals surface area (Å²) < 4.78 is 10.4. The Balaban J connectivity index is 0.000000196. The fourth-order valence-corrected chi connectivity index (χ4v) is 3.99. The van der Waals surface area contributed by atoms with Crippen molar-refractivity contribution in [3.8, 4) is 11.5 Å². The number of hydrogen-bond acceptors (Lipinski definition) is 6. The summed E-state index contributed by atoms with van der Waals surface area (Å²) in [6.45, 7) is 0.411. The van der Waals surface area contributed by atoms with Crippen LogP contribution >= 0.6 is 0 Å². The van der Waals surface area contributed by atoms with Gasteiger partial charge in [0.25, 0.3) is 0 Å². The van der Waals surface area contributed by atoms with Gasteiger partial charge in [-0.1, -0.05) is 12.1 Å². The molecule has 0 amide bonds. The SMILES string of the molecule is COC(=O)c1ccc(COc2ccc3c(c2)CCC3=O)cc1.O=C1CCc2cc(O)ccc21. The number of carbonyl (C=O) groups excluding carboxylic acids is 3. The van der Waals surface area contributed by atoms with Gasteiger partial charge in [-0.2, -0.15) is 0 Å². The van der Waals surface area contributed by atoms with Crippen molar-refractivity contribution in [1.82, 2.24) is 0 Å². The zero-order valence-electron chi connectivity index (χ0n) is 18.3. The summed E-state index contributed by atoms with van der Waals surface area (Å²) in [5.41, 5.74) is 5.11.